The lowest BCUT2D eigenvalue weighted by atomic mass is 9.99. The maximum Gasteiger partial charge on any atom is 0.311 e. The number of hydrogen-bond acceptors (Lipinski definition) is 4. The van der Waals surface area contributed by atoms with Crippen molar-refractivity contribution in [3.05, 3.63) is 33.4 Å². The molecule has 0 radical (unpaired) electrons. The van der Waals surface area contributed by atoms with Crippen LogP contribution in [-0.4, -0.2) is 30.5 Å². The number of likely N-dealkylation sites (N-methyl/N-ethyl adjacent to an activating group) is 1. The first kappa shape index (κ1) is 10.9. The second-order valence-electron chi connectivity index (χ2n) is 4.04. The van der Waals surface area contributed by atoms with E-state index < -0.39 is 4.92 Å². The van der Waals surface area contributed by atoms with Gasteiger partial charge >= 0.3 is 5.69 Å². The Morgan fingerprint density at radius 1 is 1.44 bits per heavy atom. The standard InChI is InChI=1S/C11H14N2O3/c1-12-4-3-8-5-10(13(14)15)11(16-2)6-9(8)7-12/h5-6H,3-4,7H2,1-2H3. The van der Waals surface area contributed by atoms with E-state index in [1.54, 1.807) is 12.1 Å². The molecule has 0 spiro atoms. The molecule has 0 fully saturated rings. The maximum atomic E-state index is 10.8. The van der Waals surface area contributed by atoms with Crippen molar-refractivity contribution in [2.24, 2.45) is 0 Å². The van der Waals surface area contributed by atoms with Crippen LogP contribution in [-0.2, 0) is 13.0 Å². The summed E-state index contributed by atoms with van der Waals surface area (Å²) in [6, 6.07) is 3.42. The smallest absolute Gasteiger partial charge is 0.311 e. The van der Waals surface area contributed by atoms with Crippen molar-refractivity contribution in [1.82, 2.24) is 4.90 Å². The molecule has 0 unspecified atom stereocenters. The highest BCUT2D eigenvalue weighted by Crippen LogP contribution is 2.32. The largest absolute Gasteiger partial charge is 0.490 e. The summed E-state index contributed by atoms with van der Waals surface area (Å²) in [5.41, 5.74) is 2.24. The number of methoxy groups -OCH3 is 1. The summed E-state index contributed by atoms with van der Waals surface area (Å²) in [4.78, 5) is 12.6. The molecule has 1 aromatic carbocycles. The molecule has 5 heteroatoms. The third-order valence-corrected chi connectivity index (χ3v) is 2.90. The summed E-state index contributed by atoms with van der Waals surface area (Å²) in [6.45, 7) is 1.76. The van der Waals surface area contributed by atoms with Crippen LogP contribution in [0.4, 0.5) is 5.69 Å². The maximum absolute atomic E-state index is 10.8. The summed E-state index contributed by atoms with van der Waals surface area (Å²) >= 11 is 0. The van der Waals surface area contributed by atoms with Crippen molar-refractivity contribution in [2.45, 2.75) is 13.0 Å². The van der Waals surface area contributed by atoms with Gasteiger partial charge in [0.05, 0.1) is 12.0 Å². The first-order valence-corrected chi connectivity index (χ1v) is 5.14. The van der Waals surface area contributed by atoms with Gasteiger partial charge in [0, 0.05) is 19.2 Å². The minimum Gasteiger partial charge on any atom is -0.490 e. The molecule has 1 aliphatic heterocycles. The van der Waals surface area contributed by atoms with E-state index in [0.717, 1.165) is 30.6 Å². The Morgan fingerprint density at radius 2 is 2.19 bits per heavy atom. The van der Waals surface area contributed by atoms with Gasteiger partial charge in [0.25, 0.3) is 0 Å². The molecule has 0 saturated carbocycles. The van der Waals surface area contributed by atoms with E-state index in [2.05, 4.69) is 4.90 Å². The second kappa shape index (κ2) is 4.09. The Balaban J connectivity index is 2.48. The highest BCUT2D eigenvalue weighted by Gasteiger charge is 2.21. The summed E-state index contributed by atoms with van der Waals surface area (Å²) < 4.78 is 5.05. The summed E-state index contributed by atoms with van der Waals surface area (Å²) in [5, 5.41) is 10.8. The van der Waals surface area contributed by atoms with Crippen LogP contribution in [0.1, 0.15) is 11.1 Å². The molecule has 0 atom stereocenters. The average molecular weight is 222 g/mol. The molecular weight excluding hydrogens is 208 g/mol. The molecule has 0 aliphatic carbocycles. The van der Waals surface area contributed by atoms with Crippen molar-refractivity contribution in [1.29, 1.82) is 0 Å². The van der Waals surface area contributed by atoms with Crippen molar-refractivity contribution >= 4 is 5.69 Å². The van der Waals surface area contributed by atoms with Crippen LogP contribution in [0.3, 0.4) is 0 Å². The van der Waals surface area contributed by atoms with Crippen molar-refractivity contribution in [3.63, 3.8) is 0 Å². The van der Waals surface area contributed by atoms with Crippen molar-refractivity contribution in [2.75, 3.05) is 20.7 Å². The molecule has 0 aromatic heterocycles. The summed E-state index contributed by atoms with van der Waals surface area (Å²) in [5.74, 6) is 0.346. The molecule has 0 saturated heterocycles. The van der Waals surface area contributed by atoms with Crippen LogP contribution in [0, 0.1) is 10.1 Å². The fourth-order valence-corrected chi connectivity index (χ4v) is 2.02. The Kier molecular flexibility index (Phi) is 2.78. The first-order valence-electron chi connectivity index (χ1n) is 5.14. The van der Waals surface area contributed by atoms with Crippen LogP contribution < -0.4 is 4.74 Å². The van der Waals surface area contributed by atoms with Crippen LogP contribution in [0.15, 0.2) is 12.1 Å². The van der Waals surface area contributed by atoms with E-state index in [1.807, 2.05) is 7.05 Å². The molecule has 0 bridgehead atoms. The van der Waals surface area contributed by atoms with Gasteiger partial charge in [-0.05, 0) is 30.7 Å². The normalized spacial score (nSPS) is 15.6. The van der Waals surface area contributed by atoms with E-state index in [0.29, 0.717) is 5.75 Å². The van der Waals surface area contributed by atoms with Gasteiger partial charge in [-0.15, -0.1) is 0 Å². The Morgan fingerprint density at radius 3 is 2.81 bits per heavy atom. The first-order chi connectivity index (χ1) is 7.61. The lowest BCUT2D eigenvalue weighted by Crippen LogP contribution is -2.26. The molecule has 0 amide bonds. The highest BCUT2D eigenvalue weighted by molar-refractivity contribution is 5.52. The lowest BCUT2D eigenvalue weighted by Gasteiger charge is -2.25. The summed E-state index contributed by atoms with van der Waals surface area (Å²) in [6.07, 6.45) is 0.858. The van der Waals surface area contributed by atoms with Gasteiger partial charge in [-0.2, -0.15) is 0 Å². The Bertz CT molecular complexity index is 431. The van der Waals surface area contributed by atoms with E-state index in [-0.39, 0.29) is 5.69 Å². The zero-order valence-electron chi connectivity index (χ0n) is 9.40. The van der Waals surface area contributed by atoms with Gasteiger partial charge in [0.2, 0.25) is 0 Å². The molecule has 1 aliphatic rings. The third kappa shape index (κ3) is 1.86. The van der Waals surface area contributed by atoms with E-state index in [4.69, 9.17) is 4.74 Å². The predicted molar refractivity (Wildman–Crippen MR) is 59.7 cm³/mol. The SMILES string of the molecule is COc1cc2c(cc1[N+](=O)[O-])CCN(C)C2. The topological polar surface area (TPSA) is 55.6 Å². The van der Waals surface area contributed by atoms with Crippen molar-refractivity contribution < 1.29 is 9.66 Å². The van der Waals surface area contributed by atoms with Gasteiger partial charge in [-0.25, -0.2) is 0 Å². The zero-order valence-corrected chi connectivity index (χ0v) is 9.40. The fourth-order valence-electron chi connectivity index (χ4n) is 2.02. The molecule has 16 heavy (non-hydrogen) atoms. The number of nitrogens with zero attached hydrogens (tertiary/aromatic N) is 2. The fraction of sp³-hybridized carbons (Fsp3) is 0.455. The number of nitro groups is 1. The van der Waals surface area contributed by atoms with Crippen molar-refractivity contribution in [3.8, 4) is 5.75 Å². The summed E-state index contributed by atoms with van der Waals surface area (Å²) in [7, 11) is 3.50. The van der Waals surface area contributed by atoms with Crippen LogP contribution in [0.5, 0.6) is 5.75 Å². The minimum atomic E-state index is -0.391. The monoisotopic (exact) mass is 222 g/mol. The molecule has 1 heterocycles. The van der Waals surface area contributed by atoms with Gasteiger partial charge < -0.3 is 9.64 Å². The van der Waals surface area contributed by atoms with E-state index in [9.17, 15) is 10.1 Å². The number of rotatable bonds is 2. The number of fused-ring (bicyclic) bond motifs is 1. The number of ether oxygens (including phenoxy) is 1. The van der Waals surface area contributed by atoms with E-state index in [1.165, 1.54) is 7.11 Å². The number of benzene rings is 1. The minimum absolute atomic E-state index is 0.0609. The highest BCUT2D eigenvalue weighted by atomic mass is 16.6. The molecule has 5 nitrogen and oxygen atoms in total. The van der Waals surface area contributed by atoms with Gasteiger partial charge in [0.15, 0.2) is 5.75 Å². The molecule has 0 N–H and O–H groups in total. The van der Waals surface area contributed by atoms with Gasteiger partial charge in [0.1, 0.15) is 0 Å². The molecule has 2 rings (SSSR count). The van der Waals surface area contributed by atoms with Crippen LogP contribution in [0.2, 0.25) is 0 Å². The lowest BCUT2D eigenvalue weighted by molar-refractivity contribution is -0.385. The third-order valence-electron chi connectivity index (χ3n) is 2.90. The quantitative estimate of drug-likeness (QED) is 0.563. The number of nitro benzene ring substituents is 1. The molecule has 86 valence electrons. The van der Waals surface area contributed by atoms with Gasteiger partial charge in [-0.1, -0.05) is 0 Å². The van der Waals surface area contributed by atoms with Crippen LogP contribution in [0.25, 0.3) is 0 Å². The predicted octanol–water partition coefficient (Wildman–Crippen LogP) is 1.59. The molecular formula is C11H14N2O3. The number of hydrogen-bond donors (Lipinski definition) is 0. The average Bonchev–Trinajstić information content (AvgIpc) is 2.26. The molecule has 1 aromatic rings. The van der Waals surface area contributed by atoms with E-state index >= 15 is 0 Å². The Hall–Kier alpha value is -1.62. The zero-order chi connectivity index (χ0) is 11.7. The van der Waals surface area contributed by atoms with Crippen LogP contribution >= 0.6 is 0 Å². The van der Waals surface area contributed by atoms with Gasteiger partial charge in [-0.3, -0.25) is 10.1 Å². The Labute approximate surface area is 93.8 Å². The second-order valence-corrected chi connectivity index (χ2v) is 4.04.